The molecule has 2 heterocycles. The van der Waals surface area contributed by atoms with Gasteiger partial charge in [0.2, 0.25) is 0 Å². The molecule has 0 spiro atoms. The highest BCUT2D eigenvalue weighted by Gasteiger charge is 2.21. The maximum absolute atomic E-state index is 5.71. The Labute approximate surface area is 99.8 Å². The van der Waals surface area contributed by atoms with E-state index in [2.05, 4.69) is 4.98 Å². The maximum Gasteiger partial charge on any atom is 0.0986 e. The number of nitrogens with zero attached hydrogens (tertiary/aromatic N) is 1. The van der Waals surface area contributed by atoms with Crippen LogP contribution in [0.15, 0.2) is 0 Å². The Morgan fingerprint density at radius 3 is 3.12 bits per heavy atom. The second-order valence-corrected chi connectivity index (χ2v) is 5.09. The van der Waals surface area contributed by atoms with E-state index in [-0.39, 0.29) is 0 Å². The van der Waals surface area contributed by atoms with E-state index in [0.717, 1.165) is 35.2 Å². The van der Waals surface area contributed by atoms with E-state index in [1.54, 1.807) is 18.4 Å². The molecule has 0 aromatic carbocycles. The zero-order chi connectivity index (χ0) is 11.4. The number of nitrogens with two attached hydrogens (primary N) is 1. The van der Waals surface area contributed by atoms with Crippen molar-refractivity contribution in [1.29, 1.82) is 0 Å². The molecular weight excluding hydrogens is 224 g/mol. The molecule has 2 rings (SSSR count). The first kappa shape index (κ1) is 12.0. The highest BCUT2D eigenvalue weighted by molar-refractivity contribution is 7.11. The van der Waals surface area contributed by atoms with Crippen molar-refractivity contribution in [3.05, 3.63) is 15.6 Å². The normalized spacial score (nSPS) is 21.2. The lowest BCUT2D eigenvalue weighted by Gasteiger charge is -2.19. The zero-order valence-electron chi connectivity index (χ0n) is 9.57. The van der Waals surface area contributed by atoms with Gasteiger partial charge in [0.25, 0.3) is 0 Å². The molecule has 1 aromatic heterocycles. The standard InChI is InChI=1S/C11H18N2O2S/c1-14-7-9-10(5-12)16-11(13-9)8-3-2-4-15-6-8/h8H,2-7,12H2,1H3. The number of hydrogen-bond acceptors (Lipinski definition) is 5. The van der Waals surface area contributed by atoms with Crippen molar-refractivity contribution in [2.24, 2.45) is 5.73 Å². The average Bonchev–Trinajstić information content (AvgIpc) is 2.74. The number of methoxy groups -OCH3 is 1. The summed E-state index contributed by atoms with van der Waals surface area (Å²) < 4.78 is 10.6. The predicted molar refractivity (Wildman–Crippen MR) is 63.5 cm³/mol. The van der Waals surface area contributed by atoms with E-state index in [4.69, 9.17) is 15.2 Å². The van der Waals surface area contributed by atoms with Gasteiger partial charge < -0.3 is 15.2 Å². The first-order valence-electron chi connectivity index (χ1n) is 5.60. The van der Waals surface area contributed by atoms with Gasteiger partial charge in [-0.15, -0.1) is 11.3 Å². The lowest BCUT2D eigenvalue weighted by atomic mass is 10.0. The Balaban J connectivity index is 2.14. The molecule has 1 fully saturated rings. The third-order valence-electron chi connectivity index (χ3n) is 2.77. The molecule has 1 unspecified atom stereocenters. The molecule has 1 atom stereocenters. The van der Waals surface area contributed by atoms with Crippen LogP contribution >= 0.6 is 11.3 Å². The molecule has 1 aliphatic heterocycles. The molecule has 1 saturated heterocycles. The molecule has 0 bridgehead atoms. The lowest BCUT2D eigenvalue weighted by molar-refractivity contribution is 0.0802. The molecule has 2 N–H and O–H groups in total. The van der Waals surface area contributed by atoms with Crippen LogP contribution in [0, 0.1) is 0 Å². The number of thiazole rings is 1. The van der Waals surface area contributed by atoms with Gasteiger partial charge in [0, 0.05) is 31.1 Å². The van der Waals surface area contributed by atoms with Crippen LogP contribution in [-0.2, 0) is 22.6 Å². The van der Waals surface area contributed by atoms with Crippen molar-refractivity contribution < 1.29 is 9.47 Å². The smallest absolute Gasteiger partial charge is 0.0986 e. The predicted octanol–water partition coefficient (Wildman–Crippen LogP) is 1.64. The molecule has 1 aromatic rings. The van der Waals surface area contributed by atoms with Crippen molar-refractivity contribution in [3.63, 3.8) is 0 Å². The van der Waals surface area contributed by atoms with E-state index in [9.17, 15) is 0 Å². The molecule has 0 amide bonds. The summed E-state index contributed by atoms with van der Waals surface area (Å²) in [5.74, 6) is 0.453. The topological polar surface area (TPSA) is 57.4 Å². The number of aromatic nitrogens is 1. The molecule has 16 heavy (non-hydrogen) atoms. The van der Waals surface area contributed by atoms with Gasteiger partial charge in [-0.05, 0) is 12.8 Å². The molecular formula is C11H18N2O2S. The molecule has 0 aliphatic carbocycles. The molecule has 4 nitrogen and oxygen atoms in total. The summed E-state index contributed by atoms with van der Waals surface area (Å²) in [5.41, 5.74) is 6.70. The fourth-order valence-corrected chi connectivity index (χ4v) is 2.99. The highest BCUT2D eigenvalue weighted by atomic mass is 32.1. The Morgan fingerprint density at radius 1 is 1.62 bits per heavy atom. The van der Waals surface area contributed by atoms with E-state index in [1.165, 1.54) is 6.42 Å². The van der Waals surface area contributed by atoms with Gasteiger partial charge in [0.1, 0.15) is 0 Å². The van der Waals surface area contributed by atoms with Crippen molar-refractivity contribution in [1.82, 2.24) is 4.98 Å². The number of rotatable bonds is 4. The summed E-state index contributed by atoms with van der Waals surface area (Å²) in [4.78, 5) is 5.77. The largest absolute Gasteiger partial charge is 0.381 e. The van der Waals surface area contributed by atoms with Gasteiger partial charge in [0.15, 0.2) is 0 Å². The fourth-order valence-electron chi connectivity index (χ4n) is 1.92. The summed E-state index contributed by atoms with van der Waals surface area (Å²) >= 11 is 1.71. The van der Waals surface area contributed by atoms with E-state index < -0.39 is 0 Å². The van der Waals surface area contributed by atoms with Crippen molar-refractivity contribution in [2.45, 2.75) is 31.9 Å². The lowest BCUT2D eigenvalue weighted by Crippen LogP contribution is -2.15. The van der Waals surface area contributed by atoms with Gasteiger partial charge in [-0.3, -0.25) is 0 Å². The van der Waals surface area contributed by atoms with Crippen LogP contribution < -0.4 is 5.73 Å². The third kappa shape index (κ3) is 2.60. The van der Waals surface area contributed by atoms with Crippen molar-refractivity contribution in [2.75, 3.05) is 20.3 Å². The molecule has 90 valence electrons. The summed E-state index contributed by atoms with van der Waals surface area (Å²) in [6, 6.07) is 0. The minimum Gasteiger partial charge on any atom is -0.381 e. The monoisotopic (exact) mass is 242 g/mol. The van der Waals surface area contributed by atoms with Crippen LogP contribution in [-0.4, -0.2) is 25.3 Å². The second-order valence-electron chi connectivity index (χ2n) is 3.97. The van der Waals surface area contributed by atoms with E-state index in [1.807, 2.05) is 0 Å². The van der Waals surface area contributed by atoms with Gasteiger partial charge in [-0.25, -0.2) is 4.98 Å². The SMILES string of the molecule is COCc1nc(C2CCCOC2)sc1CN. The van der Waals surface area contributed by atoms with Crippen LogP contribution in [0.4, 0.5) is 0 Å². The quantitative estimate of drug-likeness (QED) is 0.872. The van der Waals surface area contributed by atoms with E-state index in [0.29, 0.717) is 19.1 Å². The van der Waals surface area contributed by atoms with Crippen LogP contribution in [0.2, 0.25) is 0 Å². The minimum atomic E-state index is 0.453. The first-order chi connectivity index (χ1) is 7.85. The van der Waals surface area contributed by atoms with Gasteiger partial charge in [0.05, 0.1) is 23.9 Å². The van der Waals surface area contributed by atoms with Crippen molar-refractivity contribution in [3.8, 4) is 0 Å². The van der Waals surface area contributed by atoms with Gasteiger partial charge in [-0.2, -0.15) is 0 Å². The Hall–Kier alpha value is -0.490. The Morgan fingerprint density at radius 2 is 2.50 bits per heavy atom. The van der Waals surface area contributed by atoms with Crippen LogP contribution in [0.3, 0.4) is 0 Å². The van der Waals surface area contributed by atoms with Crippen molar-refractivity contribution >= 4 is 11.3 Å². The van der Waals surface area contributed by atoms with Crippen LogP contribution in [0.1, 0.15) is 34.3 Å². The highest BCUT2D eigenvalue weighted by Crippen LogP contribution is 2.30. The second kappa shape index (κ2) is 5.72. The first-order valence-corrected chi connectivity index (χ1v) is 6.42. The Kier molecular flexibility index (Phi) is 4.29. The van der Waals surface area contributed by atoms with Crippen LogP contribution in [0.5, 0.6) is 0 Å². The summed E-state index contributed by atoms with van der Waals surface area (Å²) in [7, 11) is 1.68. The summed E-state index contributed by atoms with van der Waals surface area (Å²) in [6.45, 7) is 2.78. The average molecular weight is 242 g/mol. The van der Waals surface area contributed by atoms with Crippen LogP contribution in [0.25, 0.3) is 0 Å². The summed E-state index contributed by atoms with van der Waals surface area (Å²) in [5, 5.41) is 1.16. The molecule has 0 radical (unpaired) electrons. The molecule has 5 heteroatoms. The Bertz CT molecular complexity index is 335. The van der Waals surface area contributed by atoms with Gasteiger partial charge in [-0.1, -0.05) is 0 Å². The molecule has 0 saturated carbocycles. The molecule has 1 aliphatic rings. The maximum atomic E-state index is 5.71. The van der Waals surface area contributed by atoms with Gasteiger partial charge >= 0.3 is 0 Å². The zero-order valence-corrected chi connectivity index (χ0v) is 10.4. The number of ether oxygens (including phenoxy) is 2. The summed E-state index contributed by atoms with van der Waals surface area (Å²) in [6.07, 6.45) is 2.30. The minimum absolute atomic E-state index is 0.453. The fraction of sp³-hybridized carbons (Fsp3) is 0.727. The number of hydrogen-bond donors (Lipinski definition) is 1. The third-order valence-corrected chi connectivity index (χ3v) is 4.05. The van der Waals surface area contributed by atoms with E-state index >= 15 is 0 Å².